The minimum atomic E-state index is -2.80. The van der Waals surface area contributed by atoms with E-state index in [0.717, 1.165) is 0 Å². The van der Waals surface area contributed by atoms with Crippen LogP contribution < -0.4 is 0 Å². The highest BCUT2D eigenvalue weighted by Gasteiger charge is 2.50. The van der Waals surface area contributed by atoms with Crippen LogP contribution in [0.1, 0.15) is 0 Å². The van der Waals surface area contributed by atoms with Crippen LogP contribution in [0.15, 0.2) is 0 Å². The Balaban J connectivity index is 2.64. The van der Waals surface area contributed by atoms with Gasteiger partial charge in [0, 0.05) is 0 Å². The fourth-order valence-corrected chi connectivity index (χ4v) is 0.836. The van der Waals surface area contributed by atoms with Gasteiger partial charge in [0.2, 0.25) is 0 Å². The monoisotopic (exact) mass is 152 g/mol. The fourth-order valence-electron chi connectivity index (χ4n) is 0.836. The summed E-state index contributed by atoms with van der Waals surface area (Å²) in [5, 5.41) is 25.8. The Bertz CT molecular complexity index is 127. The summed E-state index contributed by atoms with van der Waals surface area (Å²) in [6.45, 7) is -0.914. The van der Waals surface area contributed by atoms with Gasteiger partial charge in [-0.15, -0.1) is 0 Å². The highest BCUT2D eigenvalue weighted by atomic mass is 19.2. The van der Waals surface area contributed by atoms with Crippen LogP contribution in [-0.2, 0) is 4.74 Å². The molecule has 3 atom stereocenters. The maximum Gasteiger partial charge on any atom is 0.263 e. The quantitative estimate of drug-likeness (QED) is 0.423. The van der Waals surface area contributed by atoms with Crippen molar-refractivity contribution in [2.75, 3.05) is 13.2 Å². The Morgan fingerprint density at radius 3 is 2.50 bits per heavy atom. The molecule has 0 aliphatic carbocycles. The van der Waals surface area contributed by atoms with Crippen LogP contribution in [0.2, 0.25) is 0 Å². The lowest BCUT2D eigenvalue weighted by atomic mass is 10.1. The van der Waals surface area contributed by atoms with E-state index >= 15 is 0 Å². The van der Waals surface area contributed by atoms with E-state index in [4.69, 9.17) is 15.3 Å². The van der Waals surface area contributed by atoms with Gasteiger partial charge in [-0.2, -0.15) is 0 Å². The number of ether oxygens (including phenoxy) is 1. The molecule has 0 bridgehead atoms. The Labute approximate surface area is 56.9 Å². The van der Waals surface area contributed by atoms with Crippen molar-refractivity contribution < 1.29 is 24.4 Å². The molecule has 1 aliphatic heterocycles. The van der Waals surface area contributed by atoms with Gasteiger partial charge in [0.1, 0.15) is 12.2 Å². The van der Waals surface area contributed by atoms with Crippen molar-refractivity contribution >= 4 is 0 Å². The largest absolute Gasteiger partial charge is 0.393 e. The zero-order valence-corrected chi connectivity index (χ0v) is 5.20. The highest BCUT2D eigenvalue weighted by Crippen LogP contribution is 2.26. The molecule has 1 aliphatic rings. The van der Waals surface area contributed by atoms with E-state index in [1.165, 1.54) is 0 Å². The fraction of sp³-hybridized carbons (Fsp3) is 1.00. The molecule has 1 heterocycles. The molecule has 10 heavy (non-hydrogen) atoms. The van der Waals surface area contributed by atoms with Gasteiger partial charge in [-0.25, -0.2) is 4.39 Å². The summed E-state index contributed by atoms with van der Waals surface area (Å²) in [4.78, 5) is 0. The van der Waals surface area contributed by atoms with E-state index < -0.39 is 24.7 Å². The number of aliphatic hydroxyl groups excluding tert-OH is 2. The molecule has 4 nitrogen and oxygen atoms in total. The first kappa shape index (κ1) is 7.87. The molecule has 1 saturated heterocycles. The second-order valence-corrected chi connectivity index (χ2v) is 2.25. The molecule has 5 heteroatoms. The minimum Gasteiger partial charge on any atom is -0.393 e. The smallest absolute Gasteiger partial charge is 0.263 e. The van der Waals surface area contributed by atoms with Crippen LogP contribution in [0.3, 0.4) is 0 Å². The molecule has 0 aromatic rings. The Hall–Kier alpha value is -0.230. The van der Waals surface area contributed by atoms with Gasteiger partial charge in [-0.3, -0.25) is 0 Å². The number of aliphatic hydroxyl groups is 3. The SMILES string of the molecule is OC[C@H]1OC[C@H](O)[C@@]1(O)F. The highest BCUT2D eigenvalue weighted by molar-refractivity contribution is 4.89. The first-order chi connectivity index (χ1) is 4.59. The Morgan fingerprint density at radius 2 is 2.30 bits per heavy atom. The number of alkyl halides is 1. The summed E-state index contributed by atoms with van der Waals surface area (Å²) in [5.74, 6) is -2.80. The topological polar surface area (TPSA) is 69.9 Å². The Kier molecular flexibility index (Phi) is 1.91. The summed E-state index contributed by atoms with van der Waals surface area (Å²) < 4.78 is 17.2. The molecule has 3 N–H and O–H groups in total. The molecule has 0 saturated carbocycles. The maximum atomic E-state index is 12.7. The summed E-state index contributed by atoms with van der Waals surface area (Å²) in [6, 6.07) is 0. The van der Waals surface area contributed by atoms with Crippen LogP contribution in [0, 0.1) is 0 Å². The molecule has 0 unspecified atom stereocenters. The molecule has 1 fully saturated rings. The first-order valence-electron chi connectivity index (χ1n) is 2.91. The summed E-state index contributed by atoms with van der Waals surface area (Å²) >= 11 is 0. The van der Waals surface area contributed by atoms with Gasteiger partial charge >= 0.3 is 0 Å². The zero-order chi connectivity index (χ0) is 7.78. The lowest BCUT2D eigenvalue weighted by Gasteiger charge is -2.19. The predicted octanol–water partition coefficient (Wildman–Crippen LogP) is -1.60. The summed E-state index contributed by atoms with van der Waals surface area (Å²) in [6.07, 6.45) is -2.87. The van der Waals surface area contributed by atoms with E-state index in [-0.39, 0.29) is 6.61 Å². The molecule has 0 aromatic carbocycles. The van der Waals surface area contributed by atoms with Crippen molar-refractivity contribution in [1.82, 2.24) is 0 Å². The van der Waals surface area contributed by atoms with Crippen molar-refractivity contribution in [3.8, 4) is 0 Å². The van der Waals surface area contributed by atoms with Gasteiger partial charge in [0.25, 0.3) is 5.85 Å². The van der Waals surface area contributed by atoms with Crippen LogP contribution in [0.25, 0.3) is 0 Å². The number of hydrogen-bond donors (Lipinski definition) is 3. The van der Waals surface area contributed by atoms with Gasteiger partial charge in [0.15, 0.2) is 0 Å². The van der Waals surface area contributed by atoms with Gasteiger partial charge < -0.3 is 20.1 Å². The molecule has 1 rings (SSSR count). The molecule has 60 valence electrons. The number of hydrogen-bond acceptors (Lipinski definition) is 4. The van der Waals surface area contributed by atoms with E-state index in [1.54, 1.807) is 0 Å². The third kappa shape index (κ3) is 1.01. The number of halogens is 1. The van der Waals surface area contributed by atoms with E-state index in [2.05, 4.69) is 4.74 Å². The second-order valence-electron chi connectivity index (χ2n) is 2.25. The van der Waals surface area contributed by atoms with Crippen LogP contribution in [0.5, 0.6) is 0 Å². The predicted molar refractivity (Wildman–Crippen MR) is 28.9 cm³/mol. The van der Waals surface area contributed by atoms with E-state index in [0.29, 0.717) is 0 Å². The molecule has 0 aromatic heterocycles. The van der Waals surface area contributed by atoms with Crippen LogP contribution in [0.4, 0.5) is 4.39 Å². The molecule has 0 amide bonds. The van der Waals surface area contributed by atoms with Crippen molar-refractivity contribution in [3.63, 3.8) is 0 Å². The zero-order valence-electron chi connectivity index (χ0n) is 5.20. The van der Waals surface area contributed by atoms with Crippen LogP contribution in [-0.4, -0.2) is 46.6 Å². The van der Waals surface area contributed by atoms with Crippen molar-refractivity contribution in [2.45, 2.75) is 18.1 Å². The lowest BCUT2D eigenvalue weighted by molar-refractivity contribution is -0.181. The summed E-state index contributed by atoms with van der Waals surface area (Å²) in [5.41, 5.74) is 0. The van der Waals surface area contributed by atoms with E-state index in [1.807, 2.05) is 0 Å². The van der Waals surface area contributed by atoms with E-state index in [9.17, 15) is 4.39 Å². The number of rotatable bonds is 1. The van der Waals surface area contributed by atoms with Crippen molar-refractivity contribution in [1.29, 1.82) is 0 Å². The minimum absolute atomic E-state index is 0.280. The van der Waals surface area contributed by atoms with Crippen molar-refractivity contribution in [3.05, 3.63) is 0 Å². The van der Waals surface area contributed by atoms with Crippen LogP contribution >= 0.6 is 0 Å². The third-order valence-electron chi connectivity index (χ3n) is 1.54. The normalized spacial score (nSPS) is 48.0. The lowest BCUT2D eigenvalue weighted by Crippen LogP contribution is -2.44. The average Bonchev–Trinajstić information content (AvgIpc) is 2.10. The van der Waals surface area contributed by atoms with Gasteiger partial charge in [-0.1, -0.05) is 0 Å². The van der Waals surface area contributed by atoms with Gasteiger partial charge in [0.05, 0.1) is 13.2 Å². The third-order valence-corrected chi connectivity index (χ3v) is 1.54. The maximum absolute atomic E-state index is 12.7. The average molecular weight is 152 g/mol. The Morgan fingerprint density at radius 1 is 1.70 bits per heavy atom. The molecular weight excluding hydrogens is 143 g/mol. The standard InChI is InChI=1S/C5H9FO4/c6-5(9)3(8)2-10-4(5)1-7/h3-4,7-9H,1-2H2/t3-,4+,5-/m0/s1. The summed E-state index contributed by atoms with van der Waals surface area (Å²) in [7, 11) is 0. The molecule has 0 radical (unpaired) electrons. The molecule has 0 spiro atoms. The van der Waals surface area contributed by atoms with Crippen molar-refractivity contribution in [2.24, 2.45) is 0 Å². The van der Waals surface area contributed by atoms with Gasteiger partial charge in [-0.05, 0) is 0 Å². The second kappa shape index (κ2) is 2.43. The first-order valence-corrected chi connectivity index (χ1v) is 2.91. The molecular formula is C5H9FO4.